The van der Waals surface area contributed by atoms with Crippen LogP contribution in [0.15, 0.2) is 22.7 Å². The van der Waals surface area contributed by atoms with E-state index in [1.165, 1.54) is 25.7 Å². The molecule has 0 aliphatic heterocycles. The molecule has 1 aliphatic carbocycles. The zero-order chi connectivity index (χ0) is 12.3. The molecule has 0 saturated heterocycles. The Morgan fingerprint density at radius 2 is 2.12 bits per heavy atom. The molecule has 0 radical (unpaired) electrons. The van der Waals surface area contributed by atoms with Crippen LogP contribution in [0.1, 0.15) is 37.3 Å². The number of rotatable bonds is 4. The van der Waals surface area contributed by atoms with Crippen LogP contribution in [0.4, 0.5) is 0 Å². The first kappa shape index (κ1) is 12.9. The van der Waals surface area contributed by atoms with Crippen molar-refractivity contribution in [1.82, 2.24) is 5.43 Å². The minimum Gasteiger partial charge on any atom is -0.496 e. The predicted octanol–water partition coefficient (Wildman–Crippen LogP) is 3.15. The highest BCUT2D eigenvalue weighted by Gasteiger charge is 2.27. The highest BCUT2D eigenvalue weighted by atomic mass is 79.9. The normalized spacial score (nSPS) is 18.3. The number of nitrogens with one attached hydrogen (secondary N) is 1. The molecule has 0 heterocycles. The number of hydrogen-bond donors (Lipinski definition) is 2. The number of halogens is 1. The number of hydrogen-bond acceptors (Lipinski definition) is 3. The van der Waals surface area contributed by atoms with Crippen LogP contribution in [0.2, 0.25) is 0 Å². The molecule has 1 aliphatic rings. The number of ether oxygens (including phenoxy) is 1. The molecule has 3 nitrogen and oxygen atoms in total. The minimum absolute atomic E-state index is 0.195. The van der Waals surface area contributed by atoms with E-state index in [9.17, 15) is 0 Å². The monoisotopic (exact) mass is 298 g/mol. The molecule has 4 heteroatoms. The van der Waals surface area contributed by atoms with Crippen molar-refractivity contribution >= 4 is 15.9 Å². The fourth-order valence-electron chi connectivity index (χ4n) is 2.71. The van der Waals surface area contributed by atoms with Gasteiger partial charge in [-0.15, -0.1) is 0 Å². The first-order valence-corrected chi connectivity index (χ1v) is 6.85. The number of methoxy groups -OCH3 is 1. The maximum atomic E-state index is 5.73. The van der Waals surface area contributed by atoms with Gasteiger partial charge in [-0.25, -0.2) is 0 Å². The molecule has 94 valence electrons. The Hall–Kier alpha value is -0.580. The highest BCUT2D eigenvalue weighted by Crippen LogP contribution is 2.39. The Labute approximate surface area is 111 Å². The van der Waals surface area contributed by atoms with E-state index in [1.807, 2.05) is 12.1 Å². The van der Waals surface area contributed by atoms with Gasteiger partial charge in [-0.1, -0.05) is 34.8 Å². The summed E-state index contributed by atoms with van der Waals surface area (Å²) in [6.07, 6.45) is 5.10. The Morgan fingerprint density at radius 1 is 1.41 bits per heavy atom. The van der Waals surface area contributed by atoms with Gasteiger partial charge in [0.1, 0.15) is 5.75 Å². The molecule has 3 N–H and O–H groups in total. The summed E-state index contributed by atoms with van der Waals surface area (Å²) >= 11 is 3.46. The Bertz CT molecular complexity index is 378. The van der Waals surface area contributed by atoms with Gasteiger partial charge in [0, 0.05) is 10.0 Å². The third-order valence-corrected chi connectivity index (χ3v) is 4.07. The predicted molar refractivity (Wildman–Crippen MR) is 72.7 cm³/mol. The van der Waals surface area contributed by atoms with Crippen LogP contribution < -0.4 is 16.0 Å². The molecule has 1 atom stereocenters. The summed E-state index contributed by atoms with van der Waals surface area (Å²) in [7, 11) is 1.70. The molecule has 1 unspecified atom stereocenters. The van der Waals surface area contributed by atoms with Crippen molar-refractivity contribution in [3.63, 3.8) is 0 Å². The molecule has 1 aromatic rings. The quantitative estimate of drug-likeness (QED) is 0.663. The number of nitrogens with two attached hydrogens (primary N) is 1. The summed E-state index contributed by atoms with van der Waals surface area (Å²) in [4.78, 5) is 0. The van der Waals surface area contributed by atoms with Crippen LogP contribution >= 0.6 is 15.9 Å². The average molecular weight is 299 g/mol. The van der Waals surface area contributed by atoms with Crippen LogP contribution in [-0.2, 0) is 0 Å². The zero-order valence-corrected chi connectivity index (χ0v) is 11.7. The van der Waals surface area contributed by atoms with Gasteiger partial charge >= 0.3 is 0 Å². The summed E-state index contributed by atoms with van der Waals surface area (Å²) in [6, 6.07) is 6.32. The van der Waals surface area contributed by atoms with Crippen molar-refractivity contribution in [2.75, 3.05) is 7.11 Å². The van der Waals surface area contributed by atoms with Gasteiger partial charge in [0.2, 0.25) is 0 Å². The van der Waals surface area contributed by atoms with Crippen molar-refractivity contribution in [1.29, 1.82) is 0 Å². The van der Waals surface area contributed by atoms with E-state index in [1.54, 1.807) is 7.11 Å². The van der Waals surface area contributed by atoms with Crippen LogP contribution in [-0.4, -0.2) is 7.11 Å². The molecule has 0 aromatic heterocycles. The Morgan fingerprint density at radius 3 is 2.71 bits per heavy atom. The second-order valence-electron chi connectivity index (χ2n) is 4.58. The van der Waals surface area contributed by atoms with Gasteiger partial charge in [-0.2, -0.15) is 0 Å². The van der Waals surface area contributed by atoms with Crippen LogP contribution in [0.25, 0.3) is 0 Å². The van der Waals surface area contributed by atoms with Gasteiger partial charge < -0.3 is 4.74 Å². The summed E-state index contributed by atoms with van der Waals surface area (Å²) in [6.45, 7) is 0. The zero-order valence-electron chi connectivity index (χ0n) is 10.1. The minimum atomic E-state index is 0.195. The van der Waals surface area contributed by atoms with Crippen LogP contribution in [0.5, 0.6) is 5.75 Å². The van der Waals surface area contributed by atoms with E-state index >= 15 is 0 Å². The summed E-state index contributed by atoms with van der Waals surface area (Å²) in [5.74, 6) is 7.25. The fourth-order valence-corrected chi connectivity index (χ4v) is 3.05. The Kier molecular flexibility index (Phi) is 4.42. The maximum absolute atomic E-state index is 5.73. The number of benzene rings is 1. The van der Waals surface area contributed by atoms with Crippen LogP contribution in [0.3, 0.4) is 0 Å². The number of hydrazine groups is 1. The topological polar surface area (TPSA) is 47.3 Å². The lowest BCUT2D eigenvalue weighted by molar-refractivity contribution is 0.348. The first-order chi connectivity index (χ1) is 8.26. The van der Waals surface area contributed by atoms with Gasteiger partial charge in [-0.05, 0) is 30.9 Å². The molecule has 1 saturated carbocycles. The van der Waals surface area contributed by atoms with Gasteiger partial charge in [0.15, 0.2) is 0 Å². The summed E-state index contributed by atoms with van der Waals surface area (Å²) in [5.41, 5.74) is 4.12. The Balaban J connectivity index is 2.29. The largest absolute Gasteiger partial charge is 0.496 e. The average Bonchev–Trinajstić information content (AvgIpc) is 2.85. The second kappa shape index (κ2) is 5.85. The molecular weight excluding hydrogens is 280 g/mol. The molecule has 0 amide bonds. The van der Waals surface area contributed by atoms with E-state index in [2.05, 4.69) is 27.4 Å². The van der Waals surface area contributed by atoms with E-state index < -0.39 is 0 Å². The fraction of sp³-hybridized carbons (Fsp3) is 0.538. The molecule has 2 rings (SSSR count). The first-order valence-electron chi connectivity index (χ1n) is 6.06. The lowest BCUT2D eigenvalue weighted by atomic mass is 9.91. The summed E-state index contributed by atoms with van der Waals surface area (Å²) < 4.78 is 6.47. The molecule has 1 fully saturated rings. The van der Waals surface area contributed by atoms with Crippen molar-refractivity contribution < 1.29 is 4.74 Å². The smallest absolute Gasteiger partial charge is 0.124 e. The molecule has 17 heavy (non-hydrogen) atoms. The maximum Gasteiger partial charge on any atom is 0.124 e. The second-order valence-corrected chi connectivity index (χ2v) is 5.49. The lowest BCUT2D eigenvalue weighted by Gasteiger charge is -2.24. The molecular formula is C13H19BrN2O. The van der Waals surface area contributed by atoms with Crippen molar-refractivity contribution in [3.05, 3.63) is 28.2 Å². The van der Waals surface area contributed by atoms with Crippen molar-refractivity contribution in [2.45, 2.75) is 31.7 Å². The van der Waals surface area contributed by atoms with Crippen LogP contribution in [0, 0.1) is 5.92 Å². The van der Waals surface area contributed by atoms with E-state index in [0.717, 1.165) is 15.8 Å². The third kappa shape index (κ3) is 2.81. The molecule has 0 spiro atoms. The van der Waals surface area contributed by atoms with E-state index in [0.29, 0.717) is 5.92 Å². The highest BCUT2D eigenvalue weighted by molar-refractivity contribution is 9.10. The standard InChI is InChI=1S/C13H19BrN2O/c1-17-12-8-10(14)6-7-11(12)13(16-15)9-4-2-3-5-9/h6-9,13,16H,2-5,15H2,1H3. The van der Waals surface area contributed by atoms with E-state index in [4.69, 9.17) is 10.6 Å². The molecule has 1 aromatic carbocycles. The van der Waals surface area contributed by atoms with Crippen molar-refractivity contribution in [2.24, 2.45) is 11.8 Å². The van der Waals surface area contributed by atoms with Gasteiger partial charge in [0.05, 0.1) is 13.2 Å². The lowest BCUT2D eigenvalue weighted by Crippen LogP contribution is -2.32. The van der Waals surface area contributed by atoms with Gasteiger partial charge in [-0.3, -0.25) is 11.3 Å². The van der Waals surface area contributed by atoms with Gasteiger partial charge in [0.25, 0.3) is 0 Å². The SMILES string of the molecule is COc1cc(Br)ccc1C(NN)C1CCCC1. The third-order valence-electron chi connectivity index (χ3n) is 3.58. The van der Waals surface area contributed by atoms with E-state index in [-0.39, 0.29) is 6.04 Å². The van der Waals surface area contributed by atoms with Crippen molar-refractivity contribution in [3.8, 4) is 5.75 Å². The summed E-state index contributed by atoms with van der Waals surface area (Å²) in [5, 5.41) is 0. The molecule has 0 bridgehead atoms.